The van der Waals surface area contributed by atoms with Crippen molar-refractivity contribution in [3.05, 3.63) is 0 Å². The minimum Gasteiger partial charge on any atom is -0.330 e. The molecule has 2 N–H and O–H groups in total. The molecule has 0 aliphatic heterocycles. The van der Waals surface area contributed by atoms with Crippen LogP contribution < -0.4 is 5.73 Å². The Morgan fingerprint density at radius 2 is 1.83 bits per heavy atom. The van der Waals surface area contributed by atoms with Gasteiger partial charge in [0.05, 0.1) is 6.61 Å². The second-order valence-electron chi connectivity index (χ2n) is 3.89. The molecule has 0 saturated carbocycles. The summed E-state index contributed by atoms with van der Waals surface area (Å²) in [6.07, 6.45) is 0. The summed E-state index contributed by atoms with van der Waals surface area (Å²) in [5.41, 5.74) is 5.34. The molecule has 0 fully saturated rings. The van der Waals surface area contributed by atoms with Crippen LogP contribution >= 0.6 is 0 Å². The molecule has 1 unspecified atom stereocenters. The molecule has 0 heterocycles. The Labute approximate surface area is 72.1 Å². The van der Waals surface area contributed by atoms with Gasteiger partial charge in [-0.2, -0.15) is 8.78 Å². The lowest BCUT2D eigenvalue weighted by atomic mass is 9.81. The van der Waals surface area contributed by atoms with E-state index in [1.807, 2.05) is 20.8 Å². The van der Waals surface area contributed by atoms with Gasteiger partial charge >= 0.3 is 6.61 Å². The van der Waals surface area contributed by atoms with Crippen LogP contribution in [0.3, 0.4) is 0 Å². The van der Waals surface area contributed by atoms with Gasteiger partial charge in [-0.05, 0) is 17.9 Å². The highest BCUT2D eigenvalue weighted by atomic mass is 19.3. The van der Waals surface area contributed by atoms with E-state index >= 15 is 0 Å². The minimum absolute atomic E-state index is 0.0218. The van der Waals surface area contributed by atoms with Gasteiger partial charge in [0.25, 0.3) is 0 Å². The van der Waals surface area contributed by atoms with Crippen molar-refractivity contribution in [2.75, 3.05) is 13.2 Å². The predicted molar refractivity (Wildman–Crippen MR) is 44.0 cm³/mol. The van der Waals surface area contributed by atoms with Gasteiger partial charge in [0, 0.05) is 0 Å². The summed E-state index contributed by atoms with van der Waals surface area (Å²) in [5.74, 6) is -0.0218. The van der Waals surface area contributed by atoms with E-state index in [9.17, 15) is 8.78 Å². The Kier molecular flexibility index (Phi) is 4.63. The van der Waals surface area contributed by atoms with Crippen LogP contribution in [0.25, 0.3) is 0 Å². The summed E-state index contributed by atoms with van der Waals surface area (Å²) in [6, 6.07) is 0. The number of nitrogens with two attached hydrogens (primary N) is 1. The molecule has 0 spiro atoms. The average molecular weight is 181 g/mol. The molecule has 0 amide bonds. The third-order valence-electron chi connectivity index (χ3n) is 1.93. The van der Waals surface area contributed by atoms with E-state index in [1.54, 1.807) is 0 Å². The molecular weight excluding hydrogens is 164 g/mol. The largest absolute Gasteiger partial charge is 0.345 e. The molecular formula is C8H17F2NO. The van der Waals surface area contributed by atoms with Crippen LogP contribution in [0.2, 0.25) is 0 Å². The first-order valence-electron chi connectivity index (χ1n) is 3.97. The summed E-state index contributed by atoms with van der Waals surface area (Å²) in [4.78, 5) is 0. The molecule has 4 heteroatoms. The number of hydrogen-bond acceptors (Lipinski definition) is 2. The number of hydrogen-bond donors (Lipinski definition) is 1. The van der Waals surface area contributed by atoms with Gasteiger partial charge in [0.2, 0.25) is 0 Å². The first-order chi connectivity index (χ1) is 5.38. The summed E-state index contributed by atoms with van der Waals surface area (Å²) in [6.45, 7) is 3.58. The van der Waals surface area contributed by atoms with Gasteiger partial charge in [0.15, 0.2) is 0 Å². The highest BCUT2D eigenvalue weighted by molar-refractivity contribution is 4.74. The topological polar surface area (TPSA) is 35.2 Å². The Balaban J connectivity index is 3.84. The number of alkyl halides is 2. The number of halogens is 2. The molecule has 0 aromatic rings. The fourth-order valence-corrected chi connectivity index (χ4v) is 0.860. The molecule has 0 saturated heterocycles. The smallest absolute Gasteiger partial charge is 0.330 e. The summed E-state index contributed by atoms with van der Waals surface area (Å²) >= 11 is 0. The Morgan fingerprint density at radius 1 is 1.33 bits per heavy atom. The van der Waals surface area contributed by atoms with E-state index in [2.05, 4.69) is 4.74 Å². The lowest BCUT2D eigenvalue weighted by Gasteiger charge is -2.29. The highest BCUT2D eigenvalue weighted by Gasteiger charge is 2.24. The molecule has 2 nitrogen and oxygen atoms in total. The first kappa shape index (κ1) is 11.8. The SMILES string of the molecule is CC(C)(C)C(CN)COC(F)F. The maximum absolute atomic E-state index is 11.7. The molecule has 12 heavy (non-hydrogen) atoms. The van der Waals surface area contributed by atoms with Crippen LogP contribution in [-0.2, 0) is 4.74 Å². The van der Waals surface area contributed by atoms with E-state index in [-0.39, 0.29) is 17.9 Å². The molecule has 0 aromatic carbocycles. The quantitative estimate of drug-likeness (QED) is 0.718. The Hall–Kier alpha value is -0.220. The van der Waals surface area contributed by atoms with Crippen LogP contribution in [0.5, 0.6) is 0 Å². The summed E-state index contributed by atoms with van der Waals surface area (Å²) in [5, 5.41) is 0. The molecule has 0 rings (SSSR count). The molecule has 0 aliphatic rings. The van der Waals surface area contributed by atoms with E-state index < -0.39 is 6.61 Å². The summed E-state index contributed by atoms with van der Waals surface area (Å²) in [7, 11) is 0. The van der Waals surface area contributed by atoms with Crippen molar-refractivity contribution < 1.29 is 13.5 Å². The molecule has 0 aliphatic carbocycles. The van der Waals surface area contributed by atoms with E-state index in [1.165, 1.54) is 0 Å². The predicted octanol–water partition coefficient (Wildman–Crippen LogP) is 1.85. The monoisotopic (exact) mass is 181 g/mol. The molecule has 0 bridgehead atoms. The van der Waals surface area contributed by atoms with Crippen LogP contribution in [0, 0.1) is 11.3 Å². The van der Waals surface area contributed by atoms with Crippen LogP contribution in [0.15, 0.2) is 0 Å². The lowest BCUT2D eigenvalue weighted by molar-refractivity contribution is -0.144. The van der Waals surface area contributed by atoms with Crippen molar-refractivity contribution in [3.63, 3.8) is 0 Å². The van der Waals surface area contributed by atoms with Gasteiger partial charge in [-0.15, -0.1) is 0 Å². The minimum atomic E-state index is -2.69. The molecule has 1 atom stereocenters. The van der Waals surface area contributed by atoms with E-state index in [0.29, 0.717) is 6.54 Å². The van der Waals surface area contributed by atoms with Crippen LogP contribution in [-0.4, -0.2) is 19.8 Å². The zero-order chi connectivity index (χ0) is 9.78. The second kappa shape index (κ2) is 4.72. The van der Waals surface area contributed by atoms with Crippen molar-refractivity contribution in [3.8, 4) is 0 Å². The van der Waals surface area contributed by atoms with E-state index in [4.69, 9.17) is 5.73 Å². The lowest BCUT2D eigenvalue weighted by Crippen LogP contribution is -2.32. The normalized spacial score (nSPS) is 15.2. The standard InChI is InChI=1S/C8H17F2NO/c1-8(2,3)6(4-11)5-12-7(9)10/h6-7H,4-5,11H2,1-3H3. The summed E-state index contributed by atoms with van der Waals surface area (Å²) < 4.78 is 27.5. The van der Waals surface area contributed by atoms with Crippen molar-refractivity contribution in [1.29, 1.82) is 0 Å². The van der Waals surface area contributed by atoms with Crippen molar-refractivity contribution >= 4 is 0 Å². The van der Waals surface area contributed by atoms with Crippen LogP contribution in [0.4, 0.5) is 8.78 Å². The van der Waals surface area contributed by atoms with E-state index in [0.717, 1.165) is 0 Å². The van der Waals surface area contributed by atoms with Crippen LogP contribution in [0.1, 0.15) is 20.8 Å². The van der Waals surface area contributed by atoms with Gasteiger partial charge in [0.1, 0.15) is 0 Å². The number of rotatable bonds is 4. The molecule has 0 aromatic heterocycles. The van der Waals surface area contributed by atoms with Gasteiger partial charge in [-0.25, -0.2) is 0 Å². The highest BCUT2D eigenvalue weighted by Crippen LogP contribution is 2.25. The zero-order valence-electron chi connectivity index (χ0n) is 7.81. The Morgan fingerprint density at radius 3 is 2.08 bits per heavy atom. The second-order valence-corrected chi connectivity index (χ2v) is 3.89. The average Bonchev–Trinajstić information content (AvgIpc) is 1.85. The third-order valence-corrected chi connectivity index (χ3v) is 1.93. The van der Waals surface area contributed by atoms with Gasteiger partial charge < -0.3 is 10.5 Å². The molecule has 0 radical (unpaired) electrons. The fourth-order valence-electron chi connectivity index (χ4n) is 0.860. The molecule has 74 valence electrons. The van der Waals surface area contributed by atoms with Gasteiger partial charge in [-0.3, -0.25) is 0 Å². The maximum Gasteiger partial charge on any atom is 0.345 e. The van der Waals surface area contributed by atoms with Crippen molar-refractivity contribution in [2.24, 2.45) is 17.1 Å². The Bertz CT molecular complexity index is 123. The van der Waals surface area contributed by atoms with Gasteiger partial charge in [-0.1, -0.05) is 20.8 Å². The third kappa shape index (κ3) is 4.62. The first-order valence-corrected chi connectivity index (χ1v) is 3.97. The maximum atomic E-state index is 11.7. The zero-order valence-corrected chi connectivity index (χ0v) is 7.81. The van der Waals surface area contributed by atoms with Crippen molar-refractivity contribution in [2.45, 2.75) is 27.4 Å². The number of ether oxygens (including phenoxy) is 1. The van der Waals surface area contributed by atoms with Crippen molar-refractivity contribution in [1.82, 2.24) is 0 Å². The fraction of sp³-hybridized carbons (Fsp3) is 1.00.